The fourth-order valence-corrected chi connectivity index (χ4v) is 2.33. The van der Waals surface area contributed by atoms with Crippen molar-refractivity contribution in [2.24, 2.45) is 0 Å². The van der Waals surface area contributed by atoms with Gasteiger partial charge in [0.25, 0.3) is 0 Å². The number of benzene rings is 2. The lowest BCUT2D eigenvalue weighted by molar-refractivity contribution is 0.107. The van der Waals surface area contributed by atoms with Crippen LogP contribution in [0.15, 0.2) is 48.5 Å². The van der Waals surface area contributed by atoms with Crippen molar-refractivity contribution in [3.63, 3.8) is 0 Å². The highest BCUT2D eigenvalue weighted by Crippen LogP contribution is 2.27. The zero-order valence-electron chi connectivity index (χ0n) is 13.0. The van der Waals surface area contributed by atoms with Crippen LogP contribution < -0.4 is 4.74 Å². The third-order valence-electron chi connectivity index (χ3n) is 3.71. The Labute approximate surface area is 127 Å². The van der Waals surface area contributed by atoms with Crippen LogP contribution in [-0.2, 0) is 6.42 Å². The van der Waals surface area contributed by atoms with Crippen LogP contribution in [0.5, 0.6) is 5.75 Å². The van der Waals surface area contributed by atoms with Gasteiger partial charge in [0.05, 0.1) is 0 Å². The van der Waals surface area contributed by atoms with Crippen molar-refractivity contribution in [2.45, 2.75) is 39.2 Å². The van der Waals surface area contributed by atoms with E-state index >= 15 is 0 Å². The second-order valence-electron chi connectivity index (χ2n) is 5.61. The predicted molar refractivity (Wildman–Crippen MR) is 86.8 cm³/mol. The highest BCUT2D eigenvalue weighted by Gasteiger charge is 2.11. The fraction of sp³-hybridized carbons (Fsp3) is 0.368. The summed E-state index contributed by atoms with van der Waals surface area (Å²) in [5.74, 6) is 1.26. The summed E-state index contributed by atoms with van der Waals surface area (Å²) in [6.45, 7) is 6.68. The SMILES string of the molecule is CCc1ccc(C(O)COc2ccccc2C(C)C)cc1. The lowest BCUT2D eigenvalue weighted by Gasteiger charge is -2.17. The van der Waals surface area contributed by atoms with Gasteiger partial charge < -0.3 is 9.84 Å². The average molecular weight is 284 g/mol. The van der Waals surface area contributed by atoms with Crippen LogP contribution in [0.2, 0.25) is 0 Å². The molecule has 112 valence electrons. The molecule has 1 atom stereocenters. The normalized spacial score (nSPS) is 12.4. The van der Waals surface area contributed by atoms with E-state index in [-0.39, 0.29) is 6.61 Å². The second-order valence-corrected chi connectivity index (χ2v) is 5.61. The summed E-state index contributed by atoms with van der Waals surface area (Å²) in [6.07, 6.45) is 0.408. The predicted octanol–water partition coefficient (Wildman–Crippen LogP) is 4.48. The number of hydrogen-bond acceptors (Lipinski definition) is 2. The molecule has 21 heavy (non-hydrogen) atoms. The van der Waals surface area contributed by atoms with Crippen LogP contribution in [0, 0.1) is 0 Å². The molecule has 2 heteroatoms. The van der Waals surface area contributed by atoms with Crippen molar-refractivity contribution in [1.82, 2.24) is 0 Å². The number of para-hydroxylation sites is 1. The van der Waals surface area contributed by atoms with Crippen LogP contribution in [0.4, 0.5) is 0 Å². The van der Waals surface area contributed by atoms with Crippen LogP contribution in [0.3, 0.4) is 0 Å². The maximum atomic E-state index is 10.2. The summed E-state index contributed by atoms with van der Waals surface area (Å²) >= 11 is 0. The molecule has 0 aliphatic carbocycles. The van der Waals surface area contributed by atoms with Gasteiger partial charge in [0.1, 0.15) is 18.5 Å². The molecule has 0 amide bonds. The molecule has 0 saturated carbocycles. The molecule has 0 radical (unpaired) electrons. The molecule has 0 aliphatic heterocycles. The highest BCUT2D eigenvalue weighted by atomic mass is 16.5. The summed E-state index contributed by atoms with van der Waals surface area (Å²) in [6, 6.07) is 16.1. The van der Waals surface area contributed by atoms with Gasteiger partial charge in [-0.2, -0.15) is 0 Å². The molecule has 2 rings (SSSR count). The molecule has 1 N–H and O–H groups in total. The monoisotopic (exact) mass is 284 g/mol. The summed E-state index contributed by atoms with van der Waals surface area (Å²) in [7, 11) is 0. The zero-order chi connectivity index (χ0) is 15.2. The summed E-state index contributed by atoms with van der Waals surface area (Å²) < 4.78 is 5.82. The van der Waals surface area contributed by atoms with Gasteiger partial charge in [0, 0.05) is 0 Å². The Morgan fingerprint density at radius 3 is 2.29 bits per heavy atom. The van der Waals surface area contributed by atoms with Crippen LogP contribution >= 0.6 is 0 Å². The van der Waals surface area contributed by atoms with E-state index < -0.39 is 6.10 Å². The van der Waals surface area contributed by atoms with E-state index in [0.717, 1.165) is 17.7 Å². The first kappa shape index (κ1) is 15.6. The molecule has 0 bridgehead atoms. The molecule has 1 unspecified atom stereocenters. The van der Waals surface area contributed by atoms with Crippen molar-refractivity contribution < 1.29 is 9.84 Å². The number of aryl methyl sites for hydroxylation is 1. The third-order valence-corrected chi connectivity index (χ3v) is 3.71. The Kier molecular flexibility index (Phi) is 5.40. The molecule has 0 aromatic heterocycles. The van der Waals surface area contributed by atoms with E-state index in [9.17, 15) is 5.11 Å². The third kappa shape index (κ3) is 4.08. The Balaban J connectivity index is 2.02. The highest BCUT2D eigenvalue weighted by molar-refractivity contribution is 5.35. The van der Waals surface area contributed by atoms with E-state index in [1.54, 1.807) is 0 Å². The van der Waals surface area contributed by atoms with E-state index in [0.29, 0.717) is 5.92 Å². The van der Waals surface area contributed by atoms with Crippen LogP contribution in [0.1, 0.15) is 49.5 Å². The number of aliphatic hydroxyl groups excluding tert-OH is 1. The Morgan fingerprint density at radius 1 is 1.00 bits per heavy atom. The number of ether oxygens (including phenoxy) is 1. The maximum absolute atomic E-state index is 10.2. The largest absolute Gasteiger partial charge is 0.490 e. The summed E-state index contributed by atoms with van der Waals surface area (Å²) in [5, 5.41) is 10.2. The van der Waals surface area contributed by atoms with Gasteiger partial charge in [-0.3, -0.25) is 0 Å². The van der Waals surface area contributed by atoms with Gasteiger partial charge in [-0.25, -0.2) is 0 Å². The molecule has 2 aromatic carbocycles. The van der Waals surface area contributed by atoms with Gasteiger partial charge >= 0.3 is 0 Å². The first-order valence-corrected chi connectivity index (χ1v) is 7.60. The molecular formula is C19H24O2. The van der Waals surface area contributed by atoms with E-state index in [2.05, 4.69) is 39.0 Å². The van der Waals surface area contributed by atoms with E-state index in [1.165, 1.54) is 11.1 Å². The van der Waals surface area contributed by atoms with Crippen molar-refractivity contribution in [3.05, 3.63) is 65.2 Å². The second kappa shape index (κ2) is 7.28. The quantitative estimate of drug-likeness (QED) is 0.847. The lowest BCUT2D eigenvalue weighted by Crippen LogP contribution is -2.11. The van der Waals surface area contributed by atoms with E-state index in [4.69, 9.17) is 4.74 Å². The van der Waals surface area contributed by atoms with E-state index in [1.807, 2.05) is 30.3 Å². The number of aliphatic hydroxyl groups is 1. The minimum Gasteiger partial charge on any atom is -0.490 e. The lowest BCUT2D eigenvalue weighted by atomic mass is 10.0. The maximum Gasteiger partial charge on any atom is 0.122 e. The van der Waals surface area contributed by atoms with Gasteiger partial charge in [0.2, 0.25) is 0 Å². The first-order chi connectivity index (χ1) is 10.1. The average Bonchev–Trinajstić information content (AvgIpc) is 2.52. The number of hydrogen-bond donors (Lipinski definition) is 1. The molecule has 0 aliphatic rings. The van der Waals surface area contributed by atoms with Gasteiger partial charge in [0.15, 0.2) is 0 Å². The van der Waals surface area contributed by atoms with Gasteiger partial charge in [-0.1, -0.05) is 63.2 Å². The van der Waals surface area contributed by atoms with Crippen LogP contribution in [0.25, 0.3) is 0 Å². The topological polar surface area (TPSA) is 29.5 Å². The first-order valence-electron chi connectivity index (χ1n) is 7.60. The Bertz CT molecular complexity index is 558. The van der Waals surface area contributed by atoms with Crippen molar-refractivity contribution in [1.29, 1.82) is 0 Å². The standard InChI is InChI=1S/C19H24O2/c1-4-15-9-11-16(12-10-15)18(20)13-21-19-8-6-5-7-17(19)14(2)3/h5-12,14,18,20H,4,13H2,1-3H3. The molecule has 0 heterocycles. The number of rotatable bonds is 6. The zero-order valence-corrected chi connectivity index (χ0v) is 13.0. The minimum absolute atomic E-state index is 0.273. The van der Waals surface area contributed by atoms with Crippen molar-refractivity contribution >= 4 is 0 Å². The Morgan fingerprint density at radius 2 is 1.67 bits per heavy atom. The van der Waals surface area contributed by atoms with Gasteiger partial charge in [-0.05, 0) is 35.1 Å². The minimum atomic E-state index is -0.601. The summed E-state index contributed by atoms with van der Waals surface area (Å²) in [5.41, 5.74) is 3.34. The summed E-state index contributed by atoms with van der Waals surface area (Å²) in [4.78, 5) is 0. The smallest absolute Gasteiger partial charge is 0.122 e. The molecule has 2 nitrogen and oxygen atoms in total. The molecule has 0 spiro atoms. The Hall–Kier alpha value is -1.80. The van der Waals surface area contributed by atoms with Gasteiger partial charge in [-0.15, -0.1) is 0 Å². The molecule has 2 aromatic rings. The molecular weight excluding hydrogens is 260 g/mol. The van der Waals surface area contributed by atoms with Crippen LogP contribution in [-0.4, -0.2) is 11.7 Å². The van der Waals surface area contributed by atoms with Crippen molar-refractivity contribution in [2.75, 3.05) is 6.61 Å². The molecule has 0 saturated heterocycles. The molecule has 0 fully saturated rings. The van der Waals surface area contributed by atoms with Crippen molar-refractivity contribution in [3.8, 4) is 5.75 Å². The fourth-order valence-electron chi connectivity index (χ4n) is 2.33.